The Labute approximate surface area is 149 Å². The molecule has 24 heavy (non-hydrogen) atoms. The van der Waals surface area contributed by atoms with E-state index in [1.54, 1.807) is 0 Å². The molecule has 1 aromatic heterocycles. The number of piperidine rings is 1. The van der Waals surface area contributed by atoms with E-state index in [1.165, 1.54) is 19.3 Å². The van der Waals surface area contributed by atoms with E-state index in [9.17, 15) is 0 Å². The number of nitrogens with zero attached hydrogens (tertiary/aromatic N) is 3. The van der Waals surface area contributed by atoms with Gasteiger partial charge in [-0.1, -0.05) is 42.5 Å². The van der Waals surface area contributed by atoms with Crippen LogP contribution in [0.25, 0.3) is 22.3 Å². The van der Waals surface area contributed by atoms with Crippen molar-refractivity contribution in [3.8, 4) is 11.4 Å². The molecule has 0 aliphatic carbocycles. The lowest BCUT2D eigenvalue weighted by molar-refractivity contribution is -0.00000477. The first-order valence-electron chi connectivity index (χ1n) is 8.42. The van der Waals surface area contributed by atoms with E-state index < -0.39 is 0 Å². The van der Waals surface area contributed by atoms with Gasteiger partial charge in [-0.2, -0.15) is 0 Å². The molecule has 1 atom stereocenters. The molecule has 0 radical (unpaired) electrons. The van der Waals surface area contributed by atoms with Crippen molar-refractivity contribution in [2.45, 2.75) is 32.2 Å². The quantitative estimate of drug-likeness (QED) is 0.712. The second-order valence-electron chi connectivity index (χ2n) is 6.29. The molecule has 1 aliphatic heterocycles. The van der Waals surface area contributed by atoms with Gasteiger partial charge < -0.3 is 17.3 Å². The SMILES string of the molecule is CC1CCCCN1c1nc(-c2ccccc2)nc2ccccc12.[Cl-]. The third-order valence-electron chi connectivity index (χ3n) is 4.69. The fourth-order valence-electron chi connectivity index (χ4n) is 3.41. The zero-order valence-electron chi connectivity index (χ0n) is 13.8. The molecule has 0 amide bonds. The van der Waals surface area contributed by atoms with Gasteiger partial charge in [0.2, 0.25) is 0 Å². The average Bonchev–Trinajstić information content (AvgIpc) is 2.62. The molecule has 0 bridgehead atoms. The summed E-state index contributed by atoms with van der Waals surface area (Å²) in [6, 6.07) is 19.1. The first-order valence-corrected chi connectivity index (χ1v) is 8.42. The number of anilines is 1. The van der Waals surface area contributed by atoms with Gasteiger partial charge in [0.1, 0.15) is 5.82 Å². The maximum atomic E-state index is 4.96. The van der Waals surface area contributed by atoms with Gasteiger partial charge >= 0.3 is 0 Å². The van der Waals surface area contributed by atoms with Crippen molar-refractivity contribution >= 4 is 16.7 Å². The second kappa shape index (κ2) is 7.18. The highest BCUT2D eigenvalue weighted by atomic mass is 35.5. The number of hydrogen-bond acceptors (Lipinski definition) is 3. The topological polar surface area (TPSA) is 29.0 Å². The molecule has 0 spiro atoms. The van der Waals surface area contributed by atoms with Crippen molar-refractivity contribution in [1.82, 2.24) is 9.97 Å². The van der Waals surface area contributed by atoms with Crippen molar-refractivity contribution in [3.63, 3.8) is 0 Å². The molecule has 0 saturated carbocycles. The number of aromatic nitrogens is 2. The fourth-order valence-corrected chi connectivity index (χ4v) is 3.41. The highest BCUT2D eigenvalue weighted by Gasteiger charge is 2.22. The molecule has 4 rings (SSSR count). The Hall–Kier alpha value is -2.13. The Kier molecular flexibility index (Phi) is 5.00. The zero-order chi connectivity index (χ0) is 15.6. The summed E-state index contributed by atoms with van der Waals surface area (Å²) in [4.78, 5) is 12.2. The third-order valence-corrected chi connectivity index (χ3v) is 4.69. The maximum absolute atomic E-state index is 4.96. The summed E-state index contributed by atoms with van der Waals surface area (Å²) < 4.78 is 0. The predicted molar refractivity (Wildman–Crippen MR) is 95.6 cm³/mol. The van der Waals surface area contributed by atoms with Crippen LogP contribution in [0.5, 0.6) is 0 Å². The molecule has 4 heteroatoms. The Bertz CT molecular complexity index is 819. The average molecular weight is 339 g/mol. The number of fused-ring (bicyclic) bond motifs is 1. The zero-order valence-corrected chi connectivity index (χ0v) is 14.6. The van der Waals surface area contributed by atoms with Crippen LogP contribution < -0.4 is 17.3 Å². The summed E-state index contributed by atoms with van der Waals surface area (Å²) in [5, 5.41) is 1.15. The lowest BCUT2D eigenvalue weighted by Gasteiger charge is -2.35. The van der Waals surface area contributed by atoms with Gasteiger partial charge in [0.25, 0.3) is 0 Å². The summed E-state index contributed by atoms with van der Waals surface area (Å²) >= 11 is 0. The molecule has 124 valence electrons. The molecular weight excluding hydrogens is 318 g/mol. The normalized spacial score (nSPS) is 17.5. The van der Waals surface area contributed by atoms with Crippen LogP contribution in [0.2, 0.25) is 0 Å². The molecule has 2 heterocycles. The summed E-state index contributed by atoms with van der Waals surface area (Å²) in [6.45, 7) is 3.38. The minimum atomic E-state index is 0. The molecular formula is C20H21ClN3-. The summed E-state index contributed by atoms with van der Waals surface area (Å²) in [6.07, 6.45) is 3.79. The molecule has 1 unspecified atom stereocenters. The molecule has 3 aromatic rings. The van der Waals surface area contributed by atoms with E-state index in [1.807, 2.05) is 24.3 Å². The molecule has 1 saturated heterocycles. The van der Waals surface area contributed by atoms with Crippen LogP contribution >= 0.6 is 0 Å². The van der Waals surface area contributed by atoms with Gasteiger partial charge in [-0.3, -0.25) is 0 Å². The number of rotatable bonds is 2. The van der Waals surface area contributed by atoms with Crippen molar-refractivity contribution in [2.75, 3.05) is 11.4 Å². The molecule has 2 aromatic carbocycles. The first kappa shape index (κ1) is 16.7. The van der Waals surface area contributed by atoms with Crippen LogP contribution in [0.15, 0.2) is 54.6 Å². The Morgan fingerprint density at radius 3 is 2.46 bits per heavy atom. The Morgan fingerprint density at radius 2 is 1.67 bits per heavy atom. The minimum absolute atomic E-state index is 0. The Morgan fingerprint density at radius 1 is 0.917 bits per heavy atom. The van der Waals surface area contributed by atoms with Crippen LogP contribution in [0.3, 0.4) is 0 Å². The number of halogens is 1. The van der Waals surface area contributed by atoms with E-state index >= 15 is 0 Å². The summed E-state index contributed by atoms with van der Waals surface area (Å²) in [5.74, 6) is 1.90. The van der Waals surface area contributed by atoms with E-state index in [0.717, 1.165) is 34.7 Å². The number of para-hydroxylation sites is 1. The van der Waals surface area contributed by atoms with Gasteiger partial charge in [-0.05, 0) is 38.3 Å². The van der Waals surface area contributed by atoms with Gasteiger partial charge in [-0.15, -0.1) is 0 Å². The highest BCUT2D eigenvalue weighted by molar-refractivity contribution is 5.91. The maximum Gasteiger partial charge on any atom is 0.162 e. The monoisotopic (exact) mass is 338 g/mol. The smallest absolute Gasteiger partial charge is 0.162 e. The van der Waals surface area contributed by atoms with E-state index in [2.05, 4.69) is 42.2 Å². The van der Waals surface area contributed by atoms with Crippen molar-refractivity contribution in [3.05, 3.63) is 54.6 Å². The largest absolute Gasteiger partial charge is 1.00 e. The summed E-state index contributed by atoms with van der Waals surface area (Å²) in [5.41, 5.74) is 2.10. The number of hydrogen-bond donors (Lipinski definition) is 0. The van der Waals surface area contributed by atoms with Crippen molar-refractivity contribution in [1.29, 1.82) is 0 Å². The van der Waals surface area contributed by atoms with Crippen molar-refractivity contribution in [2.24, 2.45) is 0 Å². The van der Waals surface area contributed by atoms with Gasteiger partial charge in [-0.25, -0.2) is 9.97 Å². The fraction of sp³-hybridized carbons (Fsp3) is 0.300. The van der Waals surface area contributed by atoms with Gasteiger partial charge in [0, 0.05) is 23.5 Å². The molecule has 0 N–H and O–H groups in total. The van der Waals surface area contributed by atoms with Crippen LogP contribution in [0.1, 0.15) is 26.2 Å². The lowest BCUT2D eigenvalue weighted by atomic mass is 10.0. The molecule has 3 nitrogen and oxygen atoms in total. The molecule has 1 aliphatic rings. The summed E-state index contributed by atoms with van der Waals surface area (Å²) in [7, 11) is 0. The lowest BCUT2D eigenvalue weighted by Crippen LogP contribution is -3.00. The first-order chi connectivity index (χ1) is 11.3. The molecule has 1 fully saturated rings. The third kappa shape index (κ3) is 3.09. The second-order valence-corrected chi connectivity index (χ2v) is 6.29. The number of benzene rings is 2. The standard InChI is InChI=1S/C20H21N3.ClH/c1-15-9-7-8-14-23(15)20-17-12-5-6-13-18(17)21-19(22-20)16-10-3-2-4-11-16;/h2-6,10-13,15H,7-9,14H2,1H3;1H/p-1. The van der Waals surface area contributed by atoms with Crippen LogP contribution in [-0.4, -0.2) is 22.6 Å². The van der Waals surface area contributed by atoms with Gasteiger partial charge in [0.15, 0.2) is 5.82 Å². The van der Waals surface area contributed by atoms with Crippen LogP contribution in [0, 0.1) is 0 Å². The minimum Gasteiger partial charge on any atom is -1.00 e. The highest BCUT2D eigenvalue weighted by Crippen LogP contribution is 2.31. The van der Waals surface area contributed by atoms with E-state index in [4.69, 9.17) is 9.97 Å². The van der Waals surface area contributed by atoms with Crippen LogP contribution in [-0.2, 0) is 0 Å². The van der Waals surface area contributed by atoms with Crippen LogP contribution in [0.4, 0.5) is 5.82 Å². The van der Waals surface area contributed by atoms with E-state index in [-0.39, 0.29) is 12.4 Å². The Balaban J connectivity index is 0.00000169. The predicted octanol–water partition coefficient (Wildman–Crippen LogP) is 1.68. The van der Waals surface area contributed by atoms with Gasteiger partial charge in [0.05, 0.1) is 5.52 Å². The van der Waals surface area contributed by atoms with E-state index in [0.29, 0.717) is 6.04 Å². The van der Waals surface area contributed by atoms with Crippen molar-refractivity contribution < 1.29 is 12.4 Å².